The predicted molar refractivity (Wildman–Crippen MR) is 67.0 cm³/mol. The quantitative estimate of drug-likeness (QED) is 0.793. The van der Waals surface area contributed by atoms with Crippen LogP contribution in [-0.2, 0) is 0 Å². The molecule has 2 unspecified atom stereocenters. The van der Waals surface area contributed by atoms with E-state index in [9.17, 15) is 18.3 Å². The van der Waals surface area contributed by atoms with Crippen molar-refractivity contribution < 1.29 is 18.3 Å². The summed E-state index contributed by atoms with van der Waals surface area (Å²) in [7, 11) is 0. The van der Waals surface area contributed by atoms with E-state index in [2.05, 4.69) is 0 Å². The van der Waals surface area contributed by atoms with E-state index in [1.165, 1.54) is 0 Å². The second kappa shape index (κ2) is 5.16. The molecule has 0 saturated heterocycles. The van der Waals surface area contributed by atoms with Crippen molar-refractivity contribution >= 4 is 0 Å². The molecule has 0 bridgehead atoms. The summed E-state index contributed by atoms with van der Waals surface area (Å²) in [6.45, 7) is 4.05. The molecule has 106 valence electrons. The van der Waals surface area contributed by atoms with Crippen LogP contribution in [0.25, 0.3) is 0 Å². The lowest BCUT2D eigenvalue weighted by Crippen LogP contribution is -2.33. The molecule has 0 aliphatic heterocycles. The SMILES string of the molecule is CC1(C)CCCCC1C(O)c1ccc(F)c(F)c1F. The molecule has 1 aromatic carbocycles. The van der Waals surface area contributed by atoms with E-state index >= 15 is 0 Å². The lowest BCUT2D eigenvalue weighted by molar-refractivity contribution is 0.00156. The fourth-order valence-corrected chi connectivity index (χ4v) is 3.09. The van der Waals surface area contributed by atoms with Crippen molar-refractivity contribution in [2.24, 2.45) is 11.3 Å². The van der Waals surface area contributed by atoms with Gasteiger partial charge in [0.25, 0.3) is 0 Å². The van der Waals surface area contributed by atoms with Gasteiger partial charge >= 0.3 is 0 Å². The first-order valence-electron chi connectivity index (χ1n) is 6.66. The Hall–Kier alpha value is -1.03. The summed E-state index contributed by atoms with van der Waals surface area (Å²) in [6.07, 6.45) is 2.67. The number of rotatable bonds is 2. The Morgan fingerprint density at radius 1 is 1.16 bits per heavy atom. The molecule has 1 nitrogen and oxygen atoms in total. The van der Waals surface area contributed by atoms with Gasteiger partial charge in [0.2, 0.25) is 0 Å². The molecule has 0 radical (unpaired) electrons. The van der Waals surface area contributed by atoms with Gasteiger partial charge < -0.3 is 5.11 Å². The third kappa shape index (κ3) is 2.64. The van der Waals surface area contributed by atoms with Crippen molar-refractivity contribution in [1.29, 1.82) is 0 Å². The lowest BCUT2D eigenvalue weighted by Gasteiger charge is -2.41. The number of aliphatic hydroxyl groups excluding tert-OH is 1. The Kier molecular flexibility index (Phi) is 3.90. The van der Waals surface area contributed by atoms with Crippen LogP contribution in [0.1, 0.15) is 51.2 Å². The van der Waals surface area contributed by atoms with E-state index in [4.69, 9.17) is 0 Å². The van der Waals surface area contributed by atoms with Crippen LogP contribution in [0.3, 0.4) is 0 Å². The molecule has 2 rings (SSSR count). The Balaban J connectivity index is 2.33. The topological polar surface area (TPSA) is 20.2 Å². The van der Waals surface area contributed by atoms with Crippen molar-refractivity contribution in [2.45, 2.75) is 45.6 Å². The van der Waals surface area contributed by atoms with Gasteiger partial charge in [0.05, 0.1) is 6.10 Å². The van der Waals surface area contributed by atoms with Crippen molar-refractivity contribution in [1.82, 2.24) is 0 Å². The van der Waals surface area contributed by atoms with Gasteiger partial charge in [0.15, 0.2) is 17.5 Å². The van der Waals surface area contributed by atoms with Crippen LogP contribution in [0, 0.1) is 28.8 Å². The molecule has 1 N–H and O–H groups in total. The summed E-state index contributed by atoms with van der Waals surface area (Å²) < 4.78 is 39.9. The Morgan fingerprint density at radius 3 is 2.47 bits per heavy atom. The Bertz CT molecular complexity index is 471. The molecule has 0 aromatic heterocycles. The minimum atomic E-state index is -1.51. The molecule has 0 spiro atoms. The van der Waals surface area contributed by atoms with Crippen LogP contribution in [-0.4, -0.2) is 5.11 Å². The minimum absolute atomic E-state index is 0.130. The monoisotopic (exact) mass is 272 g/mol. The third-order valence-corrected chi connectivity index (χ3v) is 4.35. The van der Waals surface area contributed by atoms with Crippen molar-refractivity contribution in [2.75, 3.05) is 0 Å². The van der Waals surface area contributed by atoms with Crippen molar-refractivity contribution in [3.8, 4) is 0 Å². The first kappa shape index (κ1) is 14.4. The zero-order chi connectivity index (χ0) is 14.2. The summed E-state index contributed by atoms with van der Waals surface area (Å²) in [5.41, 5.74) is -0.270. The van der Waals surface area contributed by atoms with Gasteiger partial charge in [0.1, 0.15) is 0 Å². The molecule has 0 amide bonds. The van der Waals surface area contributed by atoms with Crippen molar-refractivity contribution in [3.05, 3.63) is 35.1 Å². The molecule has 4 heteroatoms. The fraction of sp³-hybridized carbons (Fsp3) is 0.600. The van der Waals surface area contributed by atoms with E-state index in [1.807, 2.05) is 13.8 Å². The van der Waals surface area contributed by atoms with Crippen LogP contribution in [0.15, 0.2) is 12.1 Å². The number of hydrogen-bond donors (Lipinski definition) is 1. The maximum atomic E-state index is 13.7. The molecule has 1 aliphatic rings. The average molecular weight is 272 g/mol. The summed E-state index contributed by atoms with van der Waals surface area (Å²) >= 11 is 0. The van der Waals surface area contributed by atoms with Crippen LogP contribution < -0.4 is 0 Å². The van der Waals surface area contributed by atoms with Crippen LogP contribution in [0.4, 0.5) is 13.2 Å². The molecular formula is C15H19F3O. The van der Waals surface area contributed by atoms with Gasteiger partial charge in [0, 0.05) is 5.56 Å². The zero-order valence-corrected chi connectivity index (χ0v) is 11.2. The maximum Gasteiger partial charge on any atom is 0.194 e. The molecule has 19 heavy (non-hydrogen) atoms. The van der Waals surface area contributed by atoms with E-state index < -0.39 is 23.6 Å². The van der Waals surface area contributed by atoms with Gasteiger partial charge in [-0.2, -0.15) is 0 Å². The molecule has 1 aromatic rings. The summed E-state index contributed by atoms with van der Waals surface area (Å²) in [5, 5.41) is 10.3. The van der Waals surface area contributed by atoms with Gasteiger partial charge in [-0.05, 0) is 30.2 Å². The fourth-order valence-electron chi connectivity index (χ4n) is 3.09. The molecule has 2 atom stereocenters. The predicted octanol–water partition coefficient (Wildman–Crippen LogP) is 4.35. The normalized spacial score (nSPS) is 24.2. The molecule has 0 heterocycles. The van der Waals surface area contributed by atoms with Gasteiger partial charge in [-0.3, -0.25) is 0 Å². The Morgan fingerprint density at radius 2 is 1.84 bits per heavy atom. The largest absolute Gasteiger partial charge is 0.388 e. The third-order valence-electron chi connectivity index (χ3n) is 4.35. The van der Waals surface area contributed by atoms with Crippen molar-refractivity contribution in [3.63, 3.8) is 0 Å². The molecule has 1 fully saturated rings. The zero-order valence-electron chi connectivity index (χ0n) is 11.2. The second-order valence-electron chi connectivity index (χ2n) is 6.05. The highest BCUT2D eigenvalue weighted by Gasteiger charge is 2.38. The second-order valence-corrected chi connectivity index (χ2v) is 6.05. The van der Waals surface area contributed by atoms with Crippen LogP contribution in [0.5, 0.6) is 0 Å². The van der Waals surface area contributed by atoms with E-state index in [0.717, 1.165) is 37.8 Å². The van der Waals surface area contributed by atoms with Crippen LogP contribution >= 0.6 is 0 Å². The van der Waals surface area contributed by atoms with E-state index in [1.54, 1.807) is 0 Å². The number of hydrogen-bond acceptors (Lipinski definition) is 1. The van der Waals surface area contributed by atoms with Gasteiger partial charge in [-0.1, -0.05) is 32.8 Å². The first-order chi connectivity index (χ1) is 8.84. The van der Waals surface area contributed by atoms with Crippen LogP contribution in [0.2, 0.25) is 0 Å². The number of aliphatic hydroxyl groups is 1. The van der Waals surface area contributed by atoms with E-state index in [0.29, 0.717) is 0 Å². The van der Waals surface area contributed by atoms with Gasteiger partial charge in [-0.15, -0.1) is 0 Å². The highest BCUT2D eigenvalue weighted by molar-refractivity contribution is 5.23. The summed E-state index contributed by atoms with van der Waals surface area (Å²) in [5.74, 6) is -4.14. The first-order valence-corrected chi connectivity index (χ1v) is 6.66. The molecule has 1 saturated carbocycles. The summed E-state index contributed by atoms with van der Waals surface area (Å²) in [4.78, 5) is 0. The highest BCUT2D eigenvalue weighted by atomic mass is 19.2. The molecule has 1 aliphatic carbocycles. The van der Waals surface area contributed by atoms with E-state index in [-0.39, 0.29) is 16.9 Å². The van der Waals surface area contributed by atoms with Gasteiger partial charge in [-0.25, -0.2) is 13.2 Å². The minimum Gasteiger partial charge on any atom is -0.388 e. The number of halogens is 3. The molecular weight excluding hydrogens is 253 g/mol. The Labute approximate surface area is 111 Å². The standard InChI is InChI=1S/C15H19F3O/c1-15(2)8-4-3-5-10(15)14(19)9-6-7-11(16)13(18)12(9)17/h6-7,10,14,19H,3-5,8H2,1-2H3. The maximum absolute atomic E-state index is 13.7. The lowest BCUT2D eigenvalue weighted by atomic mass is 9.65. The summed E-state index contributed by atoms with van der Waals surface area (Å²) in [6, 6.07) is 2.01. The number of benzene rings is 1. The average Bonchev–Trinajstić information content (AvgIpc) is 2.35. The highest BCUT2D eigenvalue weighted by Crippen LogP contribution is 2.47. The smallest absolute Gasteiger partial charge is 0.194 e.